The van der Waals surface area contributed by atoms with E-state index in [1.54, 1.807) is 0 Å². The van der Waals surface area contributed by atoms with Crippen LogP contribution in [0, 0.1) is 0 Å². The highest BCUT2D eigenvalue weighted by Gasteiger charge is 2.40. The highest BCUT2D eigenvalue weighted by molar-refractivity contribution is 5.78. The molecule has 1 rings (SSSR count). The highest BCUT2D eigenvalue weighted by Crippen LogP contribution is 2.30. The summed E-state index contributed by atoms with van der Waals surface area (Å²) in [5.74, 6) is -0.848. The summed E-state index contributed by atoms with van der Waals surface area (Å²) in [6.07, 6.45) is 5.47. The smallest absolute Gasteiger partial charge is 0.323 e. The lowest BCUT2D eigenvalue weighted by atomic mass is 9.79. The number of rotatable bonds is 5. The van der Waals surface area contributed by atoms with Crippen LogP contribution in [-0.2, 0) is 4.79 Å². The van der Waals surface area contributed by atoms with E-state index in [1.165, 1.54) is 0 Å². The zero-order chi connectivity index (χ0) is 13.1. The summed E-state index contributed by atoms with van der Waals surface area (Å²) in [6.45, 7) is 4.38. The lowest BCUT2D eigenvalue weighted by Crippen LogP contribution is -2.56. The maximum absolute atomic E-state index is 11.2. The van der Waals surface area contributed by atoms with Gasteiger partial charge in [0.15, 0.2) is 0 Å². The van der Waals surface area contributed by atoms with Crippen molar-refractivity contribution in [1.82, 2.24) is 4.90 Å². The number of carboxylic acid groups (broad SMARTS) is 1. The van der Waals surface area contributed by atoms with Gasteiger partial charge in [0.25, 0.3) is 0 Å². The number of hydrogen-bond acceptors (Lipinski definition) is 3. The van der Waals surface area contributed by atoms with E-state index in [1.807, 2.05) is 0 Å². The zero-order valence-electron chi connectivity index (χ0n) is 11.3. The summed E-state index contributed by atoms with van der Waals surface area (Å²) in [6, 6.07) is 0.813. The average molecular weight is 242 g/mol. The second kappa shape index (κ2) is 5.83. The van der Waals surface area contributed by atoms with Crippen LogP contribution in [0.3, 0.4) is 0 Å². The first-order valence-corrected chi connectivity index (χ1v) is 6.65. The van der Waals surface area contributed by atoms with E-state index in [2.05, 4.69) is 25.8 Å². The average Bonchev–Trinajstić information content (AvgIpc) is 2.28. The Balaban J connectivity index is 2.63. The topological polar surface area (TPSA) is 66.6 Å². The molecule has 0 heterocycles. The third-order valence-corrected chi connectivity index (χ3v) is 4.16. The van der Waals surface area contributed by atoms with Gasteiger partial charge in [-0.2, -0.15) is 0 Å². The first kappa shape index (κ1) is 14.5. The van der Waals surface area contributed by atoms with Gasteiger partial charge in [0, 0.05) is 12.1 Å². The Kier molecular flexibility index (Phi) is 4.95. The van der Waals surface area contributed by atoms with E-state index in [9.17, 15) is 9.90 Å². The maximum atomic E-state index is 11.2. The summed E-state index contributed by atoms with van der Waals surface area (Å²) >= 11 is 0. The molecule has 1 aliphatic rings. The summed E-state index contributed by atoms with van der Waals surface area (Å²) in [5, 5.41) is 9.20. The molecule has 1 saturated carbocycles. The van der Waals surface area contributed by atoms with Gasteiger partial charge in [-0.1, -0.05) is 13.3 Å². The van der Waals surface area contributed by atoms with Gasteiger partial charge in [0.05, 0.1) is 0 Å². The van der Waals surface area contributed by atoms with Crippen LogP contribution in [-0.4, -0.2) is 40.6 Å². The van der Waals surface area contributed by atoms with Crippen molar-refractivity contribution in [1.29, 1.82) is 0 Å². The van der Waals surface area contributed by atoms with Gasteiger partial charge in [-0.15, -0.1) is 0 Å². The van der Waals surface area contributed by atoms with E-state index < -0.39 is 11.5 Å². The Hall–Kier alpha value is -0.610. The number of carbonyl (C=O) groups is 1. The Labute approximate surface area is 104 Å². The molecule has 4 heteroatoms. The molecular weight excluding hydrogens is 216 g/mol. The third kappa shape index (κ3) is 3.42. The molecule has 17 heavy (non-hydrogen) atoms. The van der Waals surface area contributed by atoms with Crippen LogP contribution in [0.4, 0.5) is 0 Å². The van der Waals surface area contributed by atoms with E-state index in [0.717, 1.165) is 25.7 Å². The minimum atomic E-state index is -1.01. The molecule has 3 unspecified atom stereocenters. The standard InChI is InChI=1S/C13H26N2O2/c1-4-6-10(2)15(3)11-7-5-8-13(14,9-11)12(16)17/h10-11H,4-9,14H2,1-3H3,(H,16,17). The van der Waals surface area contributed by atoms with Crippen LogP contribution in [0.5, 0.6) is 0 Å². The van der Waals surface area contributed by atoms with Gasteiger partial charge < -0.3 is 15.7 Å². The van der Waals surface area contributed by atoms with E-state index in [0.29, 0.717) is 24.9 Å². The van der Waals surface area contributed by atoms with Gasteiger partial charge in [-0.25, -0.2) is 0 Å². The molecular formula is C13H26N2O2. The second-order valence-corrected chi connectivity index (χ2v) is 5.51. The van der Waals surface area contributed by atoms with Crippen LogP contribution in [0.25, 0.3) is 0 Å². The molecule has 1 fully saturated rings. The molecule has 1 aliphatic carbocycles. The van der Waals surface area contributed by atoms with Crippen molar-refractivity contribution in [2.75, 3.05) is 7.05 Å². The van der Waals surface area contributed by atoms with E-state index in [-0.39, 0.29) is 0 Å². The number of nitrogens with two attached hydrogens (primary N) is 1. The minimum absolute atomic E-state index is 0.311. The molecule has 0 aromatic carbocycles. The Bertz CT molecular complexity index is 270. The Morgan fingerprint density at radius 3 is 2.82 bits per heavy atom. The molecule has 3 atom stereocenters. The first-order valence-electron chi connectivity index (χ1n) is 6.65. The molecule has 0 bridgehead atoms. The largest absolute Gasteiger partial charge is 0.480 e. The van der Waals surface area contributed by atoms with Crippen molar-refractivity contribution in [2.24, 2.45) is 5.73 Å². The number of carboxylic acids is 1. The van der Waals surface area contributed by atoms with Crippen LogP contribution in [0.1, 0.15) is 52.4 Å². The minimum Gasteiger partial charge on any atom is -0.480 e. The van der Waals surface area contributed by atoms with Crippen LogP contribution >= 0.6 is 0 Å². The zero-order valence-corrected chi connectivity index (χ0v) is 11.3. The van der Waals surface area contributed by atoms with Crippen molar-refractivity contribution in [3.63, 3.8) is 0 Å². The van der Waals surface area contributed by atoms with Crippen molar-refractivity contribution < 1.29 is 9.90 Å². The Morgan fingerprint density at radius 1 is 1.65 bits per heavy atom. The highest BCUT2D eigenvalue weighted by atomic mass is 16.4. The fraction of sp³-hybridized carbons (Fsp3) is 0.923. The number of hydrogen-bond donors (Lipinski definition) is 2. The molecule has 4 nitrogen and oxygen atoms in total. The third-order valence-electron chi connectivity index (χ3n) is 4.16. The lowest BCUT2D eigenvalue weighted by molar-refractivity contribution is -0.145. The lowest BCUT2D eigenvalue weighted by Gasteiger charge is -2.41. The monoisotopic (exact) mass is 242 g/mol. The van der Waals surface area contributed by atoms with Gasteiger partial charge in [-0.3, -0.25) is 4.79 Å². The fourth-order valence-corrected chi connectivity index (χ4v) is 2.80. The predicted molar refractivity (Wildman–Crippen MR) is 68.9 cm³/mol. The van der Waals surface area contributed by atoms with Crippen LogP contribution < -0.4 is 5.73 Å². The van der Waals surface area contributed by atoms with Crippen molar-refractivity contribution in [2.45, 2.75) is 70.0 Å². The molecule has 3 N–H and O–H groups in total. The van der Waals surface area contributed by atoms with Crippen molar-refractivity contribution in [3.8, 4) is 0 Å². The summed E-state index contributed by atoms with van der Waals surface area (Å²) in [7, 11) is 2.10. The maximum Gasteiger partial charge on any atom is 0.323 e. The summed E-state index contributed by atoms with van der Waals surface area (Å²) in [4.78, 5) is 13.5. The fourth-order valence-electron chi connectivity index (χ4n) is 2.80. The molecule has 0 saturated heterocycles. The molecule has 0 radical (unpaired) electrons. The number of aliphatic carboxylic acids is 1. The Morgan fingerprint density at radius 2 is 2.29 bits per heavy atom. The molecule has 0 spiro atoms. The molecule has 100 valence electrons. The number of nitrogens with zero attached hydrogens (tertiary/aromatic N) is 1. The van der Waals surface area contributed by atoms with Crippen molar-refractivity contribution in [3.05, 3.63) is 0 Å². The first-order chi connectivity index (χ1) is 7.90. The quantitative estimate of drug-likeness (QED) is 0.772. The van der Waals surface area contributed by atoms with Crippen LogP contribution in [0.15, 0.2) is 0 Å². The summed E-state index contributed by atoms with van der Waals surface area (Å²) in [5.41, 5.74) is 4.97. The van der Waals surface area contributed by atoms with Gasteiger partial charge in [0.1, 0.15) is 5.54 Å². The molecule has 0 aromatic rings. The predicted octanol–water partition coefficient (Wildman–Crippen LogP) is 1.83. The SMILES string of the molecule is CCCC(C)N(C)C1CCCC(N)(C(=O)O)C1. The molecule has 0 amide bonds. The normalized spacial score (nSPS) is 31.5. The van der Waals surface area contributed by atoms with Gasteiger partial charge >= 0.3 is 5.97 Å². The van der Waals surface area contributed by atoms with Gasteiger partial charge in [-0.05, 0) is 46.1 Å². The van der Waals surface area contributed by atoms with Crippen molar-refractivity contribution >= 4 is 5.97 Å². The van der Waals surface area contributed by atoms with E-state index in [4.69, 9.17) is 5.73 Å². The molecule has 0 aromatic heterocycles. The molecule has 0 aliphatic heterocycles. The van der Waals surface area contributed by atoms with Gasteiger partial charge in [0.2, 0.25) is 0 Å². The van der Waals surface area contributed by atoms with E-state index >= 15 is 0 Å². The second-order valence-electron chi connectivity index (χ2n) is 5.51. The van der Waals surface area contributed by atoms with Crippen LogP contribution in [0.2, 0.25) is 0 Å². The summed E-state index contributed by atoms with van der Waals surface area (Å²) < 4.78 is 0.